The molecule has 3 aromatic carbocycles. The van der Waals surface area contributed by atoms with Crippen LogP contribution >= 0.6 is 0 Å². The molecule has 8 heteroatoms. The molecule has 0 saturated carbocycles. The lowest BCUT2D eigenvalue weighted by atomic mass is 10.1. The van der Waals surface area contributed by atoms with Crippen molar-refractivity contribution in [2.45, 2.75) is 44.4 Å². The van der Waals surface area contributed by atoms with Gasteiger partial charge >= 0.3 is 5.69 Å². The quantitative estimate of drug-likeness (QED) is 0.327. The maximum absolute atomic E-state index is 12.7. The summed E-state index contributed by atoms with van der Waals surface area (Å²) in [5.74, 6) is 0. The first-order valence-corrected chi connectivity index (χ1v) is 12.6. The third kappa shape index (κ3) is 6.54. The molecule has 1 fully saturated rings. The van der Waals surface area contributed by atoms with Crippen molar-refractivity contribution in [3.8, 4) is 0 Å². The second-order valence-electron chi connectivity index (χ2n) is 9.11. The van der Waals surface area contributed by atoms with Crippen molar-refractivity contribution in [2.24, 2.45) is 0 Å². The lowest BCUT2D eigenvalue weighted by Gasteiger charge is -2.25. The van der Waals surface area contributed by atoms with Gasteiger partial charge in [-0.1, -0.05) is 91.0 Å². The second-order valence-corrected chi connectivity index (χ2v) is 9.11. The molecule has 2 heterocycles. The van der Waals surface area contributed by atoms with Crippen LogP contribution in [0.1, 0.15) is 22.9 Å². The van der Waals surface area contributed by atoms with Gasteiger partial charge in [0.1, 0.15) is 18.3 Å². The van der Waals surface area contributed by atoms with Gasteiger partial charge in [0.05, 0.1) is 26.4 Å². The number of aromatic amines is 1. The summed E-state index contributed by atoms with van der Waals surface area (Å²) in [4.78, 5) is 26.8. The molecule has 8 nitrogen and oxygen atoms in total. The molecule has 0 bridgehead atoms. The van der Waals surface area contributed by atoms with E-state index < -0.39 is 35.8 Å². The fourth-order valence-electron chi connectivity index (χ4n) is 4.47. The molecule has 4 aromatic rings. The summed E-state index contributed by atoms with van der Waals surface area (Å²) < 4.78 is 26.5. The summed E-state index contributed by atoms with van der Waals surface area (Å²) in [6, 6.07) is 30.8. The second kappa shape index (κ2) is 12.6. The average molecular weight is 515 g/mol. The highest BCUT2D eigenvalue weighted by Crippen LogP contribution is 2.34. The normalized spacial score (nSPS) is 20.9. The molecule has 1 aliphatic rings. The Balaban J connectivity index is 1.41. The minimum Gasteiger partial charge on any atom is -0.374 e. The van der Waals surface area contributed by atoms with Gasteiger partial charge in [-0.05, 0) is 16.7 Å². The fourth-order valence-corrected chi connectivity index (χ4v) is 4.47. The summed E-state index contributed by atoms with van der Waals surface area (Å²) in [5, 5.41) is 0. The molecule has 1 aromatic heterocycles. The predicted octanol–water partition coefficient (Wildman–Crippen LogP) is 3.82. The van der Waals surface area contributed by atoms with Gasteiger partial charge in [0.2, 0.25) is 0 Å². The Bertz CT molecular complexity index is 1390. The Hall–Kier alpha value is -3.82. The molecule has 38 heavy (non-hydrogen) atoms. The monoisotopic (exact) mass is 514 g/mol. The van der Waals surface area contributed by atoms with E-state index in [9.17, 15) is 9.59 Å². The predicted molar refractivity (Wildman–Crippen MR) is 141 cm³/mol. The van der Waals surface area contributed by atoms with Gasteiger partial charge in [0, 0.05) is 12.3 Å². The Morgan fingerprint density at radius 1 is 0.684 bits per heavy atom. The first-order chi connectivity index (χ1) is 18.7. The van der Waals surface area contributed by atoms with Crippen LogP contribution in [0.15, 0.2) is 113 Å². The van der Waals surface area contributed by atoms with Gasteiger partial charge in [-0.3, -0.25) is 14.3 Å². The fraction of sp³-hybridized carbons (Fsp3) is 0.267. The zero-order valence-corrected chi connectivity index (χ0v) is 20.8. The SMILES string of the molecule is O=c1ccn([C@H]2O[C@@H](COCc3ccccc3)[C@H](OCc3ccccc3)[C@H]2OCc2ccccc2)c(=O)[nH]1. The number of benzene rings is 3. The number of nitrogens with zero attached hydrogens (tertiary/aromatic N) is 1. The Morgan fingerprint density at radius 3 is 1.76 bits per heavy atom. The summed E-state index contributed by atoms with van der Waals surface area (Å²) in [7, 11) is 0. The number of ether oxygens (including phenoxy) is 4. The maximum Gasteiger partial charge on any atom is 0.330 e. The number of H-pyrrole nitrogens is 1. The van der Waals surface area contributed by atoms with Crippen molar-refractivity contribution >= 4 is 0 Å². The van der Waals surface area contributed by atoms with Crippen LogP contribution in [0.5, 0.6) is 0 Å². The molecule has 0 radical (unpaired) electrons. The van der Waals surface area contributed by atoms with E-state index in [1.807, 2.05) is 91.0 Å². The minimum atomic E-state index is -0.825. The van der Waals surface area contributed by atoms with Crippen LogP contribution in [-0.2, 0) is 38.8 Å². The Kier molecular flexibility index (Phi) is 8.57. The van der Waals surface area contributed by atoms with Gasteiger partial charge in [0.15, 0.2) is 6.23 Å². The number of rotatable bonds is 11. The van der Waals surface area contributed by atoms with Crippen molar-refractivity contribution in [2.75, 3.05) is 6.61 Å². The van der Waals surface area contributed by atoms with E-state index in [2.05, 4.69) is 4.98 Å². The van der Waals surface area contributed by atoms with E-state index in [0.717, 1.165) is 16.7 Å². The highest BCUT2D eigenvalue weighted by Gasteiger charge is 2.47. The third-order valence-corrected chi connectivity index (χ3v) is 6.38. The lowest BCUT2D eigenvalue weighted by Crippen LogP contribution is -2.40. The number of hydrogen-bond acceptors (Lipinski definition) is 6. The molecular weight excluding hydrogens is 484 g/mol. The summed E-state index contributed by atoms with van der Waals surface area (Å²) in [6.45, 7) is 1.27. The zero-order chi connectivity index (χ0) is 26.2. The third-order valence-electron chi connectivity index (χ3n) is 6.38. The number of nitrogens with one attached hydrogen (secondary N) is 1. The molecular formula is C30H30N2O6. The summed E-state index contributed by atoms with van der Waals surface area (Å²) in [6.07, 6.45) is -1.11. The van der Waals surface area contributed by atoms with E-state index >= 15 is 0 Å². The van der Waals surface area contributed by atoms with Crippen molar-refractivity contribution in [3.63, 3.8) is 0 Å². The molecule has 196 valence electrons. The van der Waals surface area contributed by atoms with Crippen molar-refractivity contribution in [1.82, 2.24) is 9.55 Å². The molecule has 5 rings (SSSR count). The Labute approximate surface area is 220 Å². The Morgan fingerprint density at radius 2 is 1.21 bits per heavy atom. The molecule has 1 aliphatic heterocycles. The summed E-state index contributed by atoms with van der Waals surface area (Å²) >= 11 is 0. The smallest absolute Gasteiger partial charge is 0.330 e. The van der Waals surface area contributed by atoms with E-state index in [0.29, 0.717) is 19.8 Å². The molecule has 1 saturated heterocycles. The van der Waals surface area contributed by atoms with E-state index in [4.69, 9.17) is 18.9 Å². The van der Waals surface area contributed by atoms with Crippen molar-refractivity contribution in [3.05, 3.63) is 141 Å². The van der Waals surface area contributed by atoms with Crippen LogP contribution in [-0.4, -0.2) is 34.5 Å². The molecule has 1 N–H and O–H groups in total. The highest BCUT2D eigenvalue weighted by molar-refractivity contribution is 5.15. The van der Waals surface area contributed by atoms with Crippen molar-refractivity contribution in [1.29, 1.82) is 0 Å². The maximum atomic E-state index is 12.7. The lowest BCUT2D eigenvalue weighted by molar-refractivity contribution is -0.0921. The van der Waals surface area contributed by atoms with Gasteiger partial charge in [-0.25, -0.2) is 4.79 Å². The number of aromatic nitrogens is 2. The molecule has 0 amide bonds. The average Bonchev–Trinajstić information content (AvgIpc) is 3.29. The zero-order valence-electron chi connectivity index (χ0n) is 20.8. The van der Waals surface area contributed by atoms with Crippen LogP contribution in [0.2, 0.25) is 0 Å². The van der Waals surface area contributed by atoms with Crippen LogP contribution in [0.25, 0.3) is 0 Å². The molecule has 4 atom stereocenters. The van der Waals surface area contributed by atoms with Crippen LogP contribution in [0, 0.1) is 0 Å². The van der Waals surface area contributed by atoms with E-state index in [-0.39, 0.29) is 6.61 Å². The van der Waals surface area contributed by atoms with Crippen LogP contribution in [0.4, 0.5) is 0 Å². The van der Waals surface area contributed by atoms with E-state index in [1.165, 1.54) is 16.8 Å². The van der Waals surface area contributed by atoms with E-state index in [1.54, 1.807) is 0 Å². The van der Waals surface area contributed by atoms with Crippen LogP contribution < -0.4 is 11.2 Å². The van der Waals surface area contributed by atoms with Gasteiger partial charge < -0.3 is 18.9 Å². The van der Waals surface area contributed by atoms with Gasteiger partial charge in [0.25, 0.3) is 5.56 Å². The first kappa shape index (κ1) is 25.8. The topological polar surface area (TPSA) is 91.8 Å². The number of hydrogen-bond donors (Lipinski definition) is 1. The molecule has 0 spiro atoms. The van der Waals surface area contributed by atoms with Gasteiger partial charge in [-0.2, -0.15) is 0 Å². The molecule has 0 aliphatic carbocycles. The first-order valence-electron chi connectivity index (χ1n) is 12.6. The molecule has 0 unspecified atom stereocenters. The van der Waals surface area contributed by atoms with Gasteiger partial charge in [-0.15, -0.1) is 0 Å². The largest absolute Gasteiger partial charge is 0.374 e. The minimum absolute atomic E-state index is 0.230. The van der Waals surface area contributed by atoms with Crippen molar-refractivity contribution < 1.29 is 18.9 Å². The van der Waals surface area contributed by atoms with Crippen LogP contribution in [0.3, 0.4) is 0 Å². The summed E-state index contributed by atoms with van der Waals surface area (Å²) in [5.41, 5.74) is 1.96. The standard InChI is InChI=1S/C30H30N2O6/c33-26-16-17-32(30(34)31-26)29-28(37-20-24-14-8-3-9-15-24)27(36-19-23-12-6-2-7-13-23)25(38-29)21-35-18-22-10-4-1-5-11-22/h1-17,25,27-29H,18-21H2,(H,31,33,34)/t25-,27-,28+,29-/m0/s1. The highest BCUT2D eigenvalue weighted by atomic mass is 16.6.